The fourth-order valence-corrected chi connectivity index (χ4v) is 1.89. The maximum absolute atomic E-state index is 11.6. The Morgan fingerprint density at radius 2 is 2.28 bits per heavy atom. The van der Waals surface area contributed by atoms with Gasteiger partial charge in [-0.15, -0.1) is 0 Å². The standard InChI is InChI=1S/C12H19N3O3/c1-10-14-11(9-18-10)12(16)13-3-2-4-15-5-7-17-8-6-15/h9H,2-8H2,1H3,(H,13,16). The lowest BCUT2D eigenvalue weighted by molar-refractivity contribution is 0.0374. The molecular weight excluding hydrogens is 234 g/mol. The summed E-state index contributed by atoms with van der Waals surface area (Å²) in [4.78, 5) is 18.0. The highest BCUT2D eigenvalue weighted by Gasteiger charge is 2.11. The molecule has 100 valence electrons. The van der Waals surface area contributed by atoms with Gasteiger partial charge in [0.1, 0.15) is 6.26 Å². The van der Waals surface area contributed by atoms with Crippen LogP contribution in [0.5, 0.6) is 0 Å². The zero-order chi connectivity index (χ0) is 12.8. The maximum atomic E-state index is 11.6. The fourth-order valence-electron chi connectivity index (χ4n) is 1.89. The summed E-state index contributed by atoms with van der Waals surface area (Å²) in [5.41, 5.74) is 0.346. The number of carbonyl (C=O) groups excluding carboxylic acids is 1. The van der Waals surface area contributed by atoms with Crippen LogP contribution >= 0.6 is 0 Å². The van der Waals surface area contributed by atoms with Crippen LogP contribution in [0.1, 0.15) is 22.8 Å². The van der Waals surface area contributed by atoms with Crippen molar-refractivity contribution in [2.24, 2.45) is 0 Å². The van der Waals surface area contributed by atoms with Gasteiger partial charge in [-0.05, 0) is 13.0 Å². The highest BCUT2D eigenvalue weighted by atomic mass is 16.5. The molecule has 0 bridgehead atoms. The van der Waals surface area contributed by atoms with Crippen LogP contribution in [-0.4, -0.2) is 55.2 Å². The molecule has 0 radical (unpaired) electrons. The van der Waals surface area contributed by atoms with Crippen molar-refractivity contribution in [2.75, 3.05) is 39.4 Å². The SMILES string of the molecule is Cc1nc(C(=O)NCCCN2CCOCC2)co1. The first-order valence-electron chi connectivity index (χ1n) is 6.26. The normalized spacial score (nSPS) is 16.7. The van der Waals surface area contributed by atoms with Gasteiger partial charge in [0.25, 0.3) is 5.91 Å². The number of oxazole rings is 1. The molecule has 0 aromatic carbocycles. The summed E-state index contributed by atoms with van der Waals surface area (Å²) in [6.07, 6.45) is 2.31. The highest BCUT2D eigenvalue weighted by Crippen LogP contribution is 2.00. The van der Waals surface area contributed by atoms with Gasteiger partial charge in [0, 0.05) is 26.6 Å². The molecule has 1 aromatic rings. The molecule has 0 spiro atoms. The van der Waals surface area contributed by atoms with Crippen molar-refractivity contribution in [3.05, 3.63) is 17.8 Å². The number of amides is 1. The average molecular weight is 253 g/mol. The van der Waals surface area contributed by atoms with Crippen LogP contribution in [0.25, 0.3) is 0 Å². The van der Waals surface area contributed by atoms with Crippen LogP contribution < -0.4 is 5.32 Å². The van der Waals surface area contributed by atoms with Gasteiger partial charge in [0.2, 0.25) is 0 Å². The molecule has 2 heterocycles. The molecule has 1 aliphatic heterocycles. The quantitative estimate of drug-likeness (QED) is 0.771. The van der Waals surface area contributed by atoms with Gasteiger partial charge in [-0.25, -0.2) is 4.98 Å². The van der Waals surface area contributed by atoms with Gasteiger partial charge < -0.3 is 14.5 Å². The zero-order valence-electron chi connectivity index (χ0n) is 10.6. The Labute approximate surface area is 106 Å². The van der Waals surface area contributed by atoms with Crippen molar-refractivity contribution in [1.82, 2.24) is 15.2 Å². The Morgan fingerprint density at radius 3 is 2.94 bits per heavy atom. The number of hydrogen-bond donors (Lipinski definition) is 1. The van der Waals surface area contributed by atoms with E-state index in [1.165, 1.54) is 6.26 Å². The van der Waals surface area contributed by atoms with E-state index in [0.29, 0.717) is 18.1 Å². The minimum absolute atomic E-state index is 0.172. The minimum Gasteiger partial charge on any atom is -0.448 e. The van der Waals surface area contributed by atoms with E-state index in [4.69, 9.17) is 9.15 Å². The molecule has 1 aromatic heterocycles. The van der Waals surface area contributed by atoms with Crippen molar-refractivity contribution in [3.63, 3.8) is 0 Å². The van der Waals surface area contributed by atoms with E-state index in [9.17, 15) is 4.79 Å². The lowest BCUT2D eigenvalue weighted by Crippen LogP contribution is -2.38. The Balaban J connectivity index is 1.61. The van der Waals surface area contributed by atoms with Crippen LogP contribution in [0.3, 0.4) is 0 Å². The van der Waals surface area contributed by atoms with Gasteiger partial charge in [-0.1, -0.05) is 0 Å². The Bertz CT molecular complexity index is 386. The number of ether oxygens (including phenoxy) is 1. The predicted molar refractivity (Wildman–Crippen MR) is 65.4 cm³/mol. The molecule has 6 nitrogen and oxygen atoms in total. The molecule has 1 amide bonds. The third-order valence-electron chi connectivity index (χ3n) is 2.89. The Hall–Kier alpha value is -1.40. The van der Waals surface area contributed by atoms with Crippen molar-refractivity contribution in [3.8, 4) is 0 Å². The summed E-state index contributed by atoms with van der Waals surface area (Å²) in [6.45, 7) is 6.95. The molecule has 0 unspecified atom stereocenters. The van der Waals surface area contributed by atoms with Gasteiger partial charge in [-0.2, -0.15) is 0 Å². The lowest BCUT2D eigenvalue weighted by atomic mass is 10.3. The molecule has 18 heavy (non-hydrogen) atoms. The minimum atomic E-state index is -0.172. The van der Waals surface area contributed by atoms with E-state index in [2.05, 4.69) is 15.2 Å². The number of carbonyl (C=O) groups is 1. The van der Waals surface area contributed by atoms with E-state index in [1.54, 1.807) is 6.92 Å². The highest BCUT2D eigenvalue weighted by molar-refractivity contribution is 5.91. The summed E-state index contributed by atoms with van der Waals surface area (Å²) < 4.78 is 10.3. The molecule has 0 atom stereocenters. The van der Waals surface area contributed by atoms with Crippen LogP contribution in [-0.2, 0) is 4.74 Å². The van der Waals surface area contributed by atoms with E-state index in [1.807, 2.05) is 0 Å². The number of aromatic nitrogens is 1. The molecule has 2 rings (SSSR count). The van der Waals surface area contributed by atoms with Crippen LogP contribution in [0.4, 0.5) is 0 Å². The molecule has 0 aliphatic carbocycles. The molecule has 1 aliphatic rings. The largest absolute Gasteiger partial charge is 0.448 e. The van der Waals surface area contributed by atoms with Crippen molar-refractivity contribution < 1.29 is 13.9 Å². The van der Waals surface area contributed by atoms with Gasteiger partial charge in [0.15, 0.2) is 11.6 Å². The smallest absolute Gasteiger partial charge is 0.273 e. The molecule has 1 saturated heterocycles. The number of hydrogen-bond acceptors (Lipinski definition) is 5. The second kappa shape index (κ2) is 6.51. The Kier molecular flexibility index (Phi) is 4.72. The molecule has 1 N–H and O–H groups in total. The first-order valence-corrected chi connectivity index (χ1v) is 6.26. The van der Waals surface area contributed by atoms with E-state index >= 15 is 0 Å². The lowest BCUT2D eigenvalue weighted by Gasteiger charge is -2.26. The third kappa shape index (κ3) is 3.82. The molecular formula is C12H19N3O3. The zero-order valence-corrected chi connectivity index (χ0v) is 10.6. The summed E-state index contributed by atoms with van der Waals surface area (Å²) in [7, 11) is 0. The van der Waals surface area contributed by atoms with Crippen LogP contribution in [0.2, 0.25) is 0 Å². The fraction of sp³-hybridized carbons (Fsp3) is 0.667. The van der Waals surface area contributed by atoms with Crippen molar-refractivity contribution in [2.45, 2.75) is 13.3 Å². The summed E-state index contributed by atoms with van der Waals surface area (Å²) in [5, 5.41) is 2.83. The van der Waals surface area contributed by atoms with Gasteiger partial charge >= 0.3 is 0 Å². The van der Waals surface area contributed by atoms with E-state index in [-0.39, 0.29) is 5.91 Å². The first-order chi connectivity index (χ1) is 8.75. The molecule has 1 fully saturated rings. The van der Waals surface area contributed by atoms with Gasteiger partial charge in [-0.3, -0.25) is 9.69 Å². The number of rotatable bonds is 5. The predicted octanol–water partition coefficient (Wildman–Crippen LogP) is 0.435. The monoisotopic (exact) mass is 253 g/mol. The molecule has 0 saturated carbocycles. The van der Waals surface area contributed by atoms with E-state index in [0.717, 1.165) is 39.3 Å². The number of nitrogens with one attached hydrogen (secondary N) is 1. The second-order valence-electron chi connectivity index (χ2n) is 4.32. The van der Waals surface area contributed by atoms with Gasteiger partial charge in [0.05, 0.1) is 13.2 Å². The molecule has 6 heteroatoms. The topological polar surface area (TPSA) is 67.6 Å². The number of morpholine rings is 1. The summed E-state index contributed by atoms with van der Waals surface area (Å²) >= 11 is 0. The summed E-state index contributed by atoms with van der Waals surface area (Å²) in [5.74, 6) is 0.335. The Morgan fingerprint density at radius 1 is 1.50 bits per heavy atom. The summed E-state index contributed by atoms with van der Waals surface area (Å²) in [6, 6.07) is 0. The first kappa shape index (κ1) is 13.0. The maximum Gasteiger partial charge on any atom is 0.273 e. The van der Waals surface area contributed by atoms with Crippen molar-refractivity contribution in [1.29, 1.82) is 0 Å². The van der Waals surface area contributed by atoms with Crippen LogP contribution in [0, 0.1) is 6.92 Å². The van der Waals surface area contributed by atoms with Crippen LogP contribution in [0.15, 0.2) is 10.7 Å². The number of nitrogens with zero attached hydrogens (tertiary/aromatic N) is 2. The average Bonchev–Trinajstić information content (AvgIpc) is 2.82. The third-order valence-corrected chi connectivity index (χ3v) is 2.89. The van der Waals surface area contributed by atoms with Crippen molar-refractivity contribution >= 4 is 5.91 Å². The second-order valence-corrected chi connectivity index (χ2v) is 4.32. The van der Waals surface area contributed by atoms with E-state index < -0.39 is 0 Å². The number of aryl methyl sites for hydroxylation is 1.